The van der Waals surface area contributed by atoms with Crippen molar-refractivity contribution < 1.29 is 22.7 Å². The maximum absolute atomic E-state index is 14.3. The minimum atomic E-state index is -0.823. The van der Waals surface area contributed by atoms with Gasteiger partial charge in [0.1, 0.15) is 28.9 Å². The second kappa shape index (κ2) is 8.93. The molecule has 0 bridgehead atoms. The number of nitrogens with zero attached hydrogens (tertiary/aromatic N) is 3. The number of aromatic nitrogens is 3. The number of halogens is 3. The highest BCUT2D eigenvalue weighted by atomic mass is 19.1. The average molecular weight is 438 g/mol. The van der Waals surface area contributed by atoms with Crippen molar-refractivity contribution in [2.45, 2.75) is 6.54 Å². The van der Waals surface area contributed by atoms with Crippen LogP contribution in [-0.2, 0) is 13.6 Å². The molecule has 0 atom stereocenters. The fraction of sp³-hybridized carbons (Fsp3) is 0.0870. The van der Waals surface area contributed by atoms with Crippen molar-refractivity contribution in [1.29, 1.82) is 0 Å². The Kier molecular flexibility index (Phi) is 5.89. The number of pyridine rings is 1. The lowest BCUT2D eigenvalue weighted by Gasteiger charge is -2.11. The third kappa shape index (κ3) is 4.61. The Morgan fingerprint density at radius 3 is 2.66 bits per heavy atom. The first kappa shape index (κ1) is 21.1. The fourth-order valence-corrected chi connectivity index (χ4v) is 3.10. The van der Waals surface area contributed by atoms with Crippen molar-refractivity contribution >= 4 is 5.91 Å². The van der Waals surface area contributed by atoms with E-state index in [1.807, 2.05) is 0 Å². The molecule has 1 N–H and O–H groups in total. The Hall–Kier alpha value is -4.14. The molecule has 2 aromatic heterocycles. The van der Waals surface area contributed by atoms with Gasteiger partial charge in [0.2, 0.25) is 5.88 Å². The first-order valence-corrected chi connectivity index (χ1v) is 9.55. The molecule has 0 radical (unpaired) electrons. The molecule has 162 valence electrons. The van der Waals surface area contributed by atoms with Crippen LogP contribution < -0.4 is 10.1 Å². The van der Waals surface area contributed by atoms with Gasteiger partial charge in [-0.05, 0) is 30.3 Å². The van der Waals surface area contributed by atoms with Crippen molar-refractivity contribution in [2.75, 3.05) is 0 Å². The van der Waals surface area contributed by atoms with Crippen molar-refractivity contribution in [3.63, 3.8) is 0 Å². The summed E-state index contributed by atoms with van der Waals surface area (Å²) < 4.78 is 48.0. The molecule has 2 aromatic carbocycles. The lowest BCUT2D eigenvalue weighted by Crippen LogP contribution is -2.23. The van der Waals surface area contributed by atoms with E-state index in [1.165, 1.54) is 41.3 Å². The highest BCUT2D eigenvalue weighted by Gasteiger charge is 2.20. The summed E-state index contributed by atoms with van der Waals surface area (Å²) in [7, 11) is 1.59. The quantitative estimate of drug-likeness (QED) is 0.477. The normalized spacial score (nSPS) is 10.8. The molecule has 0 saturated heterocycles. The van der Waals surface area contributed by atoms with Gasteiger partial charge in [-0.2, -0.15) is 5.10 Å². The van der Waals surface area contributed by atoms with Gasteiger partial charge in [-0.3, -0.25) is 9.48 Å². The van der Waals surface area contributed by atoms with Crippen LogP contribution in [0.2, 0.25) is 0 Å². The van der Waals surface area contributed by atoms with E-state index in [0.29, 0.717) is 5.56 Å². The van der Waals surface area contributed by atoms with Crippen LogP contribution >= 0.6 is 0 Å². The van der Waals surface area contributed by atoms with Crippen molar-refractivity contribution in [2.24, 2.45) is 7.05 Å². The van der Waals surface area contributed by atoms with Gasteiger partial charge in [0.15, 0.2) is 0 Å². The second-order valence-electron chi connectivity index (χ2n) is 6.90. The Labute approximate surface area is 181 Å². The summed E-state index contributed by atoms with van der Waals surface area (Å²) >= 11 is 0. The Bertz CT molecular complexity index is 1290. The number of hydrogen-bond acceptors (Lipinski definition) is 4. The molecule has 6 nitrogen and oxygen atoms in total. The number of ether oxygens (including phenoxy) is 1. The molecule has 4 rings (SSSR count). The van der Waals surface area contributed by atoms with E-state index in [9.17, 15) is 18.0 Å². The van der Waals surface area contributed by atoms with Crippen molar-refractivity contribution in [3.05, 3.63) is 95.6 Å². The minimum Gasteiger partial charge on any atom is -0.439 e. The van der Waals surface area contributed by atoms with Crippen molar-refractivity contribution in [1.82, 2.24) is 20.1 Å². The van der Waals surface area contributed by atoms with Gasteiger partial charge in [0, 0.05) is 49.2 Å². The number of rotatable bonds is 6. The Balaban J connectivity index is 1.54. The molecule has 0 unspecified atom stereocenters. The zero-order valence-corrected chi connectivity index (χ0v) is 16.8. The smallest absolute Gasteiger partial charge is 0.255 e. The van der Waals surface area contributed by atoms with Gasteiger partial charge in [-0.25, -0.2) is 18.2 Å². The summed E-state index contributed by atoms with van der Waals surface area (Å²) in [6.45, 7) is 0.0392. The number of carbonyl (C=O) groups is 1. The molecular formula is C23H17F3N4O2. The number of benzene rings is 2. The predicted molar refractivity (Wildman–Crippen MR) is 110 cm³/mol. The topological polar surface area (TPSA) is 69.0 Å². The van der Waals surface area contributed by atoms with Crippen LogP contribution in [0.4, 0.5) is 13.2 Å². The highest BCUT2D eigenvalue weighted by Crippen LogP contribution is 2.26. The molecule has 0 aliphatic carbocycles. The number of nitrogens with one attached hydrogen (secondary N) is 1. The zero-order valence-electron chi connectivity index (χ0n) is 16.8. The van der Waals surface area contributed by atoms with Gasteiger partial charge >= 0.3 is 0 Å². The van der Waals surface area contributed by atoms with Gasteiger partial charge in [-0.15, -0.1) is 0 Å². The number of carbonyl (C=O) groups excluding carboxylic acids is 1. The third-order valence-corrected chi connectivity index (χ3v) is 4.56. The largest absolute Gasteiger partial charge is 0.439 e. The second-order valence-corrected chi connectivity index (χ2v) is 6.90. The first-order chi connectivity index (χ1) is 15.4. The first-order valence-electron chi connectivity index (χ1n) is 9.55. The molecule has 0 saturated carbocycles. The van der Waals surface area contributed by atoms with Crippen LogP contribution in [0.5, 0.6) is 11.6 Å². The molecule has 32 heavy (non-hydrogen) atoms. The molecule has 1 amide bonds. The van der Waals surface area contributed by atoms with E-state index in [1.54, 1.807) is 25.2 Å². The fourth-order valence-electron chi connectivity index (χ4n) is 3.10. The maximum atomic E-state index is 14.3. The SMILES string of the molecule is Cn1cc(C(=O)NCc2cccnc2Oc2cccc(F)c2)c(-c2ccc(F)cc2F)n1. The van der Waals surface area contributed by atoms with Crippen LogP contribution in [0.3, 0.4) is 0 Å². The zero-order chi connectivity index (χ0) is 22.7. The summed E-state index contributed by atoms with van der Waals surface area (Å²) in [6, 6.07) is 12.0. The van der Waals surface area contributed by atoms with E-state index >= 15 is 0 Å². The summed E-state index contributed by atoms with van der Waals surface area (Å²) in [5.41, 5.74) is 0.761. The molecule has 0 fully saturated rings. The molecule has 9 heteroatoms. The van der Waals surface area contributed by atoms with Crippen LogP contribution in [0.1, 0.15) is 15.9 Å². The third-order valence-electron chi connectivity index (χ3n) is 4.56. The van der Waals surface area contributed by atoms with Crippen LogP contribution in [-0.4, -0.2) is 20.7 Å². The maximum Gasteiger partial charge on any atom is 0.255 e. The minimum absolute atomic E-state index is 0.00801. The van der Waals surface area contributed by atoms with E-state index in [-0.39, 0.29) is 35.0 Å². The molecule has 0 spiro atoms. The predicted octanol–water partition coefficient (Wildman–Crippen LogP) is 4.62. The summed E-state index contributed by atoms with van der Waals surface area (Å²) in [5, 5.41) is 6.87. The lowest BCUT2D eigenvalue weighted by molar-refractivity contribution is 0.0951. The lowest BCUT2D eigenvalue weighted by atomic mass is 10.1. The van der Waals surface area contributed by atoms with E-state index in [0.717, 1.165) is 12.1 Å². The summed E-state index contributed by atoms with van der Waals surface area (Å²) in [4.78, 5) is 17.0. The molecular weight excluding hydrogens is 421 g/mol. The standard InChI is InChI=1S/C23H17F3N4O2/c1-30-13-19(21(29-30)18-8-7-16(25)11-20(18)26)22(31)28-12-14-4-3-9-27-23(14)32-17-6-2-5-15(24)10-17/h2-11,13H,12H2,1H3,(H,28,31). The molecule has 2 heterocycles. The van der Waals surface area contributed by atoms with Gasteiger partial charge < -0.3 is 10.1 Å². The van der Waals surface area contributed by atoms with Crippen LogP contribution in [0, 0.1) is 17.5 Å². The van der Waals surface area contributed by atoms with Crippen LogP contribution in [0.25, 0.3) is 11.3 Å². The number of hydrogen-bond donors (Lipinski definition) is 1. The van der Waals surface area contributed by atoms with E-state index in [2.05, 4.69) is 15.4 Å². The van der Waals surface area contributed by atoms with Crippen molar-refractivity contribution in [3.8, 4) is 22.9 Å². The summed E-state index contributed by atoms with van der Waals surface area (Å²) in [6.07, 6.45) is 2.96. The van der Waals surface area contributed by atoms with E-state index < -0.39 is 23.4 Å². The van der Waals surface area contributed by atoms with Crippen LogP contribution in [0.15, 0.2) is 67.0 Å². The highest BCUT2D eigenvalue weighted by molar-refractivity contribution is 5.99. The Morgan fingerprint density at radius 1 is 1.06 bits per heavy atom. The number of amides is 1. The molecule has 4 aromatic rings. The summed E-state index contributed by atoms with van der Waals surface area (Å²) in [5.74, 6) is -2.05. The molecule has 0 aliphatic heterocycles. The molecule has 0 aliphatic rings. The average Bonchev–Trinajstić information content (AvgIpc) is 3.14. The number of aryl methyl sites for hydroxylation is 1. The van der Waals surface area contributed by atoms with Gasteiger partial charge in [0.25, 0.3) is 5.91 Å². The van der Waals surface area contributed by atoms with E-state index in [4.69, 9.17) is 4.74 Å². The Morgan fingerprint density at radius 2 is 1.88 bits per heavy atom. The monoisotopic (exact) mass is 438 g/mol. The van der Waals surface area contributed by atoms with Gasteiger partial charge in [0.05, 0.1) is 5.56 Å². The van der Waals surface area contributed by atoms with Gasteiger partial charge in [-0.1, -0.05) is 12.1 Å².